The number of nitriles is 1. The Morgan fingerprint density at radius 2 is 0.790 bits per heavy atom. The Kier molecular flexibility index (Phi) is 8.71. The summed E-state index contributed by atoms with van der Waals surface area (Å²) < 4.78 is 0. The van der Waals surface area contributed by atoms with Crippen LogP contribution in [0.25, 0.3) is 89.1 Å². The van der Waals surface area contributed by atoms with E-state index < -0.39 is 0 Å². The van der Waals surface area contributed by atoms with Gasteiger partial charge in [-0.15, -0.1) is 0 Å². The van der Waals surface area contributed by atoms with E-state index in [0.29, 0.717) is 28.5 Å². The maximum absolute atomic E-state index is 9.50. The van der Waals surface area contributed by atoms with E-state index in [0.717, 1.165) is 56.7 Å². The lowest BCUT2D eigenvalue weighted by molar-refractivity contribution is -0.00518. The van der Waals surface area contributed by atoms with Gasteiger partial charge in [-0.2, -0.15) is 5.26 Å². The van der Waals surface area contributed by atoms with Crippen LogP contribution >= 0.6 is 0 Å². The molecule has 8 aromatic carbocycles. The van der Waals surface area contributed by atoms with Crippen LogP contribution in [0.5, 0.6) is 0 Å². The summed E-state index contributed by atoms with van der Waals surface area (Å²) >= 11 is 0. The monoisotopic (exact) mass is 796 g/mol. The van der Waals surface area contributed by atoms with E-state index >= 15 is 0 Å². The van der Waals surface area contributed by atoms with Gasteiger partial charge >= 0.3 is 0 Å². The molecule has 0 spiro atoms. The van der Waals surface area contributed by atoms with Crippen molar-refractivity contribution < 1.29 is 0 Å². The van der Waals surface area contributed by atoms with Gasteiger partial charge in [-0.1, -0.05) is 158 Å². The summed E-state index contributed by atoms with van der Waals surface area (Å²) in [6, 6.07) is 64.6. The van der Waals surface area contributed by atoms with Crippen molar-refractivity contribution in [1.82, 2.24) is 15.0 Å². The largest absolute Gasteiger partial charge is 0.208 e. The van der Waals surface area contributed by atoms with Crippen LogP contribution in [0, 0.1) is 29.1 Å². The lowest BCUT2D eigenvalue weighted by Gasteiger charge is -2.57. The summed E-state index contributed by atoms with van der Waals surface area (Å²) in [5, 5.41) is 14.2. The first-order chi connectivity index (χ1) is 30.6. The summed E-state index contributed by atoms with van der Waals surface area (Å²) in [6.45, 7) is 0. The second-order valence-corrected chi connectivity index (χ2v) is 18.1. The van der Waals surface area contributed by atoms with Gasteiger partial charge in [0.1, 0.15) is 0 Å². The van der Waals surface area contributed by atoms with Crippen molar-refractivity contribution in [2.24, 2.45) is 17.8 Å². The molecule has 0 N–H and O–H groups in total. The number of rotatable bonds is 7. The molecule has 0 amide bonds. The molecule has 9 aromatic rings. The van der Waals surface area contributed by atoms with E-state index in [4.69, 9.17) is 15.0 Å². The van der Waals surface area contributed by atoms with Gasteiger partial charge in [0, 0.05) is 16.7 Å². The predicted octanol–water partition coefficient (Wildman–Crippen LogP) is 14.5. The van der Waals surface area contributed by atoms with Gasteiger partial charge in [0.25, 0.3) is 0 Å². The Morgan fingerprint density at radius 1 is 0.387 bits per heavy atom. The number of benzene rings is 8. The molecule has 1 heterocycles. The molecule has 0 saturated heterocycles. The van der Waals surface area contributed by atoms with Crippen LogP contribution in [0.3, 0.4) is 0 Å². The highest BCUT2D eigenvalue weighted by Crippen LogP contribution is 2.60. The molecule has 0 radical (unpaired) electrons. The minimum Gasteiger partial charge on any atom is -0.208 e. The summed E-state index contributed by atoms with van der Waals surface area (Å²) in [7, 11) is 0. The number of aromatic nitrogens is 3. The molecule has 296 valence electrons. The van der Waals surface area contributed by atoms with Crippen molar-refractivity contribution in [3.63, 3.8) is 0 Å². The highest BCUT2D eigenvalue weighted by molar-refractivity contribution is 6.21. The molecule has 0 aliphatic heterocycles. The molecule has 4 heteroatoms. The van der Waals surface area contributed by atoms with Crippen molar-refractivity contribution in [2.75, 3.05) is 0 Å². The topological polar surface area (TPSA) is 62.5 Å². The Balaban J connectivity index is 0.961. The van der Waals surface area contributed by atoms with Crippen LogP contribution in [0.2, 0.25) is 0 Å². The first kappa shape index (κ1) is 36.6. The van der Waals surface area contributed by atoms with E-state index in [-0.39, 0.29) is 0 Å². The molecule has 62 heavy (non-hydrogen) atoms. The van der Waals surface area contributed by atoms with E-state index in [1.807, 2.05) is 12.1 Å². The van der Waals surface area contributed by atoms with Gasteiger partial charge in [-0.05, 0) is 140 Å². The van der Waals surface area contributed by atoms with E-state index in [1.165, 1.54) is 76.8 Å². The number of fused-ring (bicyclic) bond motifs is 2. The second-order valence-electron chi connectivity index (χ2n) is 18.1. The molecule has 4 bridgehead atoms. The van der Waals surface area contributed by atoms with Crippen molar-refractivity contribution in [1.29, 1.82) is 5.26 Å². The molecule has 4 aliphatic rings. The summed E-state index contributed by atoms with van der Waals surface area (Å²) in [5.41, 5.74) is 12.3. The standard InChI is InChI=1S/C58H44N4/c59-36-37-17-19-42(20-18-37)53-49-13-4-6-15-51(49)54(52-16-7-5-14-50(52)53)43-21-23-44(24-22-43)55-60-56(62-57(61-55)47-12-8-11-46(32-47)41-9-2-1-3-10-41)45-25-27-48(28-26-45)58-33-38-29-39(34-58)31-40(30-38)35-58/h1-28,32,38-40H,29-31,33-35H2/t38-,39+,40-,58?. The Labute approximate surface area is 362 Å². The third-order valence-corrected chi connectivity index (χ3v) is 14.3. The molecular formula is C58H44N4. The molecule has 0 atom stereocenters. The maximum atomic E-state index is 9.50. The molecule has 13 rings (SSSR count). The van der Waals surface area contributed by atoms with Crippen LogP contribution in [-0.4, -0.2) is 15.0 Å². The molecular weight excluding hydrogens is 753 g/mol. The zero-order valence-corrected chi connectivity index (χ0v) is 34.5. The van der Waals surface area contributed by atoms with E-state index in [1.54, 1.807) is 0 Å². The number of nitrogens with zero attached hydrogens (tertiary/aromatic N) is 4. The number of hydrogen-bond acceptors (Lipinski definition) is 4. The highest BCUT2D eigenvalue weighted by Gasteiger charge is 2.51. The normalized spacial score (nSPS) is 20.1. The first-order valence-electron chi connectivity index (χ1n) is 22.2. The fourth-order valence-electron chi connectivity index (χ4n) is 11.9. The fraction of sp³-hybridized carbons (Fsp3) is 0.172. The number of hydrogen-bond donors (Lipinski definition) is 0. The van der Waals surface area contributed by atoms with Crippen LogP contribution in [0.4, 0.5) is 0 Å². The van der Waals surface area contributed by atoms with E-state index in [9.17, 15) is 5.26 Å². The fourth-order valence-corrected chi connectivity index (χ4v) is 11.9. The SMILES string of the molecule is N#Cc1ccc(-c2c3ccccc3c(-c3ccc(-c4nc(-c5ccc(C67C[C@H]8C[C@@H](C6)C[C@@H](C7)C8)cc5)nc(-c5cccc(-c6ccccc6)c5)n4)cc3)c3ccccc23)cc1. The lowest BCUT2D eigenvalue weighted by atomic mass is 9.48. The van der Waals surface area contributed by atoms with Gasteiger partial charge in [0.15, 0.2) is 17.5 Å². The Hall–Kier alpha value is -7.22. The molecule has 1 aromatic heterocycles. The summed E-state index contributed by atoms with van der Waals surface area (Å²) in [6.07, 6.45) is 8.37. The lowest BCUT2D eigenvalue weighted by Crippen LogP contribution is -2.48. The average Bonchev–Trinajstić information content (AvgIpc) is 3.33. The summed E-state index contributed by atoms with van der Waals surface area (Å²) in [5.74, 6) is 4.70. The minimum absolute atomic E-state index is 0.336. The average molecular weight is 797 g/mol. The third kappa shape index (κ3) is 6.31. The maximum Gasteiger partial charge on any atom is 0.164 e. The van der Waals surface area contributed by atoms with Gasteiger partial charge in [-0.3, -0.25) is 0 Å². The third-order valence-electron chi connectivity index (χ3n) is 14.3. The van der Waals surface area contributed by atoms with Crippen LogP contribution in [0.15, 0.2) is 176 Å². The summed E-state index contributed by atoms with van der Waals surface area (Å²) in [4.78, 5) is 15.6. The van der Waals surface area contributed by atoms with Crippen LogP contribution < -0.4 is 0 Å². The molecule has 0 unspecified atom stereocenters. The van der Waals surface area contributed by atoms with Gasteiger partial charge in [0.05, 0.1) is 11.6 Å². The highest BCUT2D eigenvalue weighted by atomic mass is 15.0. The van der Waals surface area contributed by atoms with Gasteiger partial charge in [-0.25, -0.2) is 15.0 Å². The quantitative estimate of drug-likeness (QED) is 0.151. The Bertz CT molecular complexity index is 3110. The molecule has 4 nitrogen and oxygen atoms in total. The van der Waals surface area contributed by atoms with Crippen LogP contribution in [-0.2, 0) is 5.41 Å². The van der Waals surface area contributed by atoms with Crippen molar-refractivity contribution in [3.8, 4) is 73.6 Å². The van der Waals surface area contributed by atoms with Crippen molar-refractivity contribution in [2.45, 2.75) is 43.9 Å². The Morgan fingerprint density at radius 3 is 1.29 bits per heavy atom. The molecule has 4 aliphatic carbocycles. The molecule has 4 fully saturated rings. The van der Waals surface area contributed by atoms with Crippen LogP contribution in [0.1, 0.15) is 49.7 Å². The first-order valence-corrected chi connectivity index (χ1v) is 22.2. The van der Waals surface area contributed by atoms with Crippen molar-refractivity contribution in [3.05, 3.63) is 187 Å². The zero-order valence-electron chi connectivity index (χ0n) is 34.5. The predicted molar refractivity (Wildman–Crippen MR) is 252 cm³/mol. The minimum atomic E-state index is 0.336. The molecule has 4 saturated carbocycles. The smallest absolute Gasteiger partial charge is 0.164 e. The van der Waals surface area contributed by atoms with E-state index in [2.05, 4.69) is 170 Å². The van der Waals surface area contributed by atoms with Gasteiger partial charge < -0.3 is 0 Å². The zero-order chi connectivity index (χ0) is 41.2. The van der Waals surface area contributed by atoms with Gasteiger partial charge in [0.2, 0.25) is 0 Å². The second kappa shape index (κ2) is 14.8. The van der Waals surface area contributed by atoms with Crippen molar-refractivity contribution >= 4 is 21.5 Å².